The van der Waals surface area contributed by atoms with Gasteiger partial charge in [-0.05, 0) is 42.7 Å². The minimum Gasteiger partial charge on any atom is -0.321 e. The Balaban J connectivity index is 1.92. The number of carbonyl (C=O) groups is 2. The maximum Gasteiger partial charge on any atom is 0.257 e. The van der Waals surface area contributed by atoms with Gasteiger partial charge in [-0.25, -0.2) is 12.7 Å². The van der Waals surface area contributed by atoms with E-state index in [1.807, 2.05) is 32.0 Å². The van der Waals surface area contributed by atoms with Crippen molar-refractivity contribution in [3.05, 3.63) is 58.1 Å². The molecule has 2 aromatic carbocycles. The summed E-state index contributed by atoms with van der Waals surface area (Å²) in [5.41, 5.74) is 3.02. The van der Waals surface area contributed by atoms with Gasteiger partial charge in [0.15, 0.2) is 0 Å². The second-order valence-electron chi connectivity index (χ2n) is 6.86. The predicted molar refractivity (Wildman–Crippen MR) is 110 cm³/mol. The molecule has 28 heavy (non-hydrogen) atoms. The van der Waals surface area contributed by atoms with Crippen LogP contribution in [0.4, 0.5) is 11.4 Å². The molecule has 2 amide bonds. The number of sulfonamides is 1. The van der Waals surface area contributed by atoms with Crippen molar-refractivity contribution in [2.24, 2.45) is 5.92 Å². The first kappa shape index (κ1) is 20.4. The third-order valence-electron chi connectivity index (χ3n) is 4.77. The lowest BCUT2D eigenvalue weighted by Crippen LogP contribution is -2.30. The number of hydrogen-bond acceptors (Lipinski definition) is 4. The summed E-state index contributed by atoms with van der Waals surface area (Å²) in [6.07, 6.45) is 0.761. The minimum atomic E-state index is -3.73. The SMILES string of the molecule is CCc1cccc(C)c1NC(=O)c1ccc(N2C(=O)C(C)CS2(=O)=O)cc1Cl. The molecule has 2 aromatic rings. The molecule has 1 heterocycles. The molecule has 0 spiro atoms. The summed E-state index contributed by atoms with van der Waals surface area (Å²) in [6.45, 7) is 5.47. The second kappa shape index (κ2) is 7.56. The Bertz CT molecular complexity index is 1070. The molecular weight excluding hydrogens is 400 g/mol. The van der Waals surface area contributed by atoms with E-state index in [0.29, 0.717) is 0 Å². The van der Waals surface area contributed by atoms with Gasteiger partial charge in [0.25, 0.3) is 5.91 Å². The number of rotatable bonds is 4. The summed E-state index contributed by atoms with van der Waals surface area (Å²) in [5.74, 6) is -1.75. The van der Waals surface area contributed by atoms with Gasteiger partial charge >= 0.3 is 0 Å². The number of nitrogens with one attached hydrogen (secondary N) is 1. The Morgan fingerprint density at radius 1 is 1.29 bits per heavy atom. The van der Waals surface area contributed by atoms with E-state index >= 15 is 0 Å². The maximum absolute atomic E-state index is 12.7. The van der Waals surface area contributed by atoms with Crippen molar-refractivity contribution in [3.8, 4) is 0 Å². The van der Waals surface area contributed by atoms with Gasteiger partial charge in [0, 0.05) is 5.69 Å². The average molecular weight is 421 g/mol. The van der Waals surface area contributed by atoms with Gasteiger partial charge in [0.05, 0.1) is 27.9 Å². The molecule has 148 valence electrons. The van der Waals surface area contributed by atoms with Crippen LogP contribution in [0.5, 0.6) is 0 Å². The van der Waals surface area contributed by atoms with Crippen LogP contribution in [0.15, 0.2) is 36.4 Å². The number of benzene rings is 2. The van der Waals surface area contributed by atoms with Crippen LogP contribution >= 0.6 is 11.6 Å². The zero-order valence-corrected chi connectivity index (χ0v) is 17.4. The fourth-order valence-electron chi connectivity index (χ4n) is 3.28. The van der Waals surface area contributed by atoms with Crippen LogP contribution in [0.2, 0.25) is 5.02 Å². The normalized spacial score (nSPS) is 18.4. The zero-order valence-electron chi connectivity index (χ0n) is 15.8. The maximum atomic E-state index is 12.7. The molecule has 1 atom stereocenters. The van der Waals surface area contributed by atoms with Crippen molar-refractivity contribution in [3.63, 3.8) is 0 Å². The third-order valence-corrected chi connectivity index (χ3v) is 6.95. The Labute approximate surface area is 169 Å². The number of halogens is 1. The molecule has 0 radical (unpaired) electrons. The molecule has 1 aliphatic rings. The fraction of sp³-hybridized carbons (Fsp3) is 0.300. The number of aryl methyl sites for hydroxylation is 2. The van der Waals surface area contributed by atoms with E-state index in [1.54, 1.807) is 6.92 Å². The van der Waals surface area contributed by atoms with Gasteiger partial charge in [0.1, 0.15) is 0 Å². The lowest BCUT2D eigenvalue weighted by molar-refractivity contribution is -0.119. The monoisotopic (exact) mass is 420 g/mol. The topological polar surface area (TPSA) is 83.6 Å². The standard InChI is InChI=1S/C20H21ClN2O4S/c1-4-14-7-5-6-12(2)18(14)22-19(24)16-9-8-15(10-17(16)21)23-20(25)13(3)11-28(23,26)27/h5-10,13H,4,11H2,1-3H3,(H,22,24). The summed E-state index contributed by atoms with van der Waals surface area (Å²) in [7, 11) is -3.73. The Hall–Kier alpha value is -2.38. The molecule has 0 saturated carbocycles. The molecule has 0 aliphatic carbocycles. The molecule has 0 bridgehead atoms. The molecule has 0 aromatic heterocycles. The number of nitrogens with zero attached hydrogens (tertiary/aromatic N) is 1. The van der Waals surface area contributed by atoms with Crippen molar-refractivity contribution < 1.29 is 18.0 Å². The quantitative estimate of drug-likeness (QED) is 0.815. The largest absolute Gasteiger partial charge is 0.321 e. The highest BCUT2D eigenvalue weighted by Crippen LogP contribution is 2.32. The summed E-state index contributed by atoms with van der Waals surface area (Å²) in [6, 6.07) is 9.97. The number of amides is 2. The van der Waals surface area contributed by atoms with Crippen molar-refractivity contribution >= 4 is 44.8 Å². The highest BCUT2D eigenvalue weighted by molar-refractivity contribution is 7.94. The molecular formula is C20H21ClN2O4S. The van der Waals surface area contributed by atoms with Gasteiger partial charge in [-0.3, -0.25) is 9.59 Å². The molecule has 1 unspecified atom stereocenters. The number of para-hydroxylation sites is 1. The Morgan fingerprint density at radius 3 is 2.57 bits per heavy atom. The van der Waals surface area contributed by atoms with Crippen molar-refractivity contribution in [1.29, 1.82) is 0 Å². The van der Waals surface area contributed by atoms with Gasteiger partial charge < -0.3 is 5.32 Å². The summed E-state index contributed by atoms with van der Waals surface area (Å²) >= 11 is 6.27. The first-order valence-corrected chi connectivity index (χ1v) is 10.9. The smallest absolute Gasteiger partial charge is 0.257 e. The van der Waals surface area contributed by atoms with E-state index in [9.17, 15) is 18.0 Å². The first-order valence-electron chi connectivity index (χ1n) is 8.92. The minimum absolute atomic E-state index is 0.0733. The van der Waals surface area contributed by atoms with E-state index in [1.165, 1.54) is 18.2 Å². The van der Waals surface area contributed by atoms with Gasteiger partial charge in [0.2, 0.25) is 15.9 Å². The molecule has 1 aliphatic heterocycles. The number of hydrogen-bond donors (Lipinski definition) is 1. The highest BCUT2D eigenvalue weighted by atomic mass is 35.5. The van der Waals surface area contributed by atoms with Crippen LogP contribution in [0.25, 0.3) is 0 Å². The summed E-state index contributed by atoms with van der Waals surface area (Å²) < 4.78 is 25.3. The van der Waals surface area contributed by atoms with E-state index < -0.39 is 27.8 Å². The average Bonchev–Trinajstić information content (AvgIpc) is 2.83. The van der Waals surface area contributed by atoms with Crippen molar-refractivity contribution in [2.75, 3.05) is 15.4 Å². The Morgan fingerprint density at radius 2 is 2.00 bits per heavy atom. The van der Waals surface area contributed by atoms with Crippen LogP contribution in [-0.2, 0) is 21.2 Å². The van der Waals surface area contributed by atoms with E-state index in [0.717, 1.165) is 27.5 Å². The zero-order chi connectivity index (χ0) is 20.6. The van der Waals surface area contributed by atoms with Gasteiger partial charge in [-0.1, -0.05) is 43.6 Å². The van der Waals surface area contributed by atoms with Gasteiger partial charge in [-0.2, -0.15) is 0 Å². The molecule has 1 saturated heterocycles. The lowest BCUT2D eigenvalue weighted by atomic mass is 10.1. The number of anilines is 2. The van der Waals surface area contributed by atoms with Crippen molar-refractivity contribution in [2.45, 2.75) is 27.2 Å². The van der Waals surface area contributed by atoms with E-state index in [2.05, 4.69) is 5.32 Å². The predicted octanol–water partition coefficient (Wildman–Crippen LogP) is 3.78. The molecule has 6 nitrogen and oxygen atoms in total. The molecule has 8 heteroatoms. The van der Waals surface area contributed by atoms with Crippen LogP contribution < -0.4 is 9.62 Å². The summed E-state index contributed by atoms with van der Waals surface area (Å²) in [5, 5.41) is 2.96. The third kappa shape index (κ3) is 3.64. The number of carbonyl (C=O) groups excluding carboxylic acids is 2. The first-order chi connectivity index (χ1) is 13.2. The summed E-state index contributed by atoms with van der Waals surface area (Å²) in [4.78, 5) is 25.0. The fourth-order valence-corrected chi connectivity index (χ4v) is 5.36. The second-order valence-corrected chi connectivity index (χ2v) is 9.13. The lowest BCUT2D eigenvalue weighted by Gasteiger charge is -2.17. The van der Waals surface area contributed by atoms with E-state index in [4.69, 9.17) is 11.6 Å². The molecule has 1 N–H and O–H groups in total. The van der Waals surface area contributed by atoms with Gasteiger partial charge in [-0.15, -0.1) is 0 Å². The molecule has 1 fully saturated rings. The van der Waals surface area contributed by atoms with Crippen LogP contribution in [0.3, 0.4) is 0 Å². The Kier molecular flexibility index (Phi) is 5.50. The van der Waals surface area contributed by atoms with Crippen molar-refractivity contribution in [1.82, 2.24) is 0 Å². The van der Waals surface area contributed by atoms with Crippen LogP contribution in [-0.4, -0.2) is 26.0 Å². The molecule has 3 rings (SSSR count). The highest BCUT2D eigenvalue weighted by Gasteiger charge is 2.42. The van der Waals surface area contributed by atoms with Crippen LogP contribution in [0.1, 0.15) is 35.3 Å². The van der Waals surface area contributed by atoms with Crippen LogP contribution in [0, 0.1) is 12.8 Å². The van der Waals surface area contributed by atoms with E-state index in [-0.39, 0.29) is 22.0 Å².